The largest absolute Gasteiger partial charge is 0.106 e. The molecule has 0 unspecified atom stereocenters. The first kappa shape index (κ1) is 43.0. The van der Waals surface area contributed by atoms with Gasteiger partial charge in [0, 0.05) is 0 Å². The zero-order chi connectivity index (χ0) is 29.5. The molecule has 0 heterocycles. The molecule has 2 aromatic rings. The molecule has 0 saturated heterocycles. The molecule has 2 aromatic carbocycles. The fourth-order valence-electron chi connectivity index (χ4n) is 1.80. The Hall–Kier alpha value is -3.12. The molecule has 2 rings (SSSR count). The summed E-state index contributed by atoms with van der Waals surface area (Å²) in [5.41, 5.74) is 8.92. The number of rotatable bonds is 3. The SMILES string of the molecule is C=C.C=C(C)/C(C)=C/C=C(C)C.C=CC.C=Cc1ccc(C)cc1.CC.CC.Cc1ccccc1C. The predicted molar refractivity (Wildman–Crippen MR) is 175 cm³/mol. The van der Waals surface area contributed by atoms with E-state index >= 15 is 0 Å². The highest BCUT2D eigenvalue weighted by Crippen LogP contribution is 2.05. The molecule has 0 amide bonds. The fraction of sp³-hybridized carbons (Fsp3) is 0.333. The Balaban J connectivity index is -0.000000115. The molecule has 0 aliphatic carbocycles. The maximum absolute atomic E-state index is 3.84. The Morgan fingerprint density at radius 1 is 0.667 bits per heavy atom. The van der Waals surface area contributed by atoms with Gasteiger partial charge in [-0.15, -0.1) is 19.7 Å². The highest BCUT2D eigenvalue weighted by molar-refractivity contribution is 5.46. The van der Waals surface area contributed by atoms with Gasteiger partial charge in [0.05, 0.1) is 0 Å². The first-order valence-electron chi connectivity index (χ1n) is 12.8. The van der Waals surface area contributed by atoms with Crippen LogP contribution in [0.5, 0.6) is 0 Å². The van der Waals surface area contributed by atoms with Crippen LogP contribution in [-0.2, 0) is 0 Å². The molecule has 202 valence electrons. The number of hydrogen-bond donors (Lipinski definition) is 0. The molecule has 0 fully saturated rings. The molecule has 0 heteroatoms. The third-order valence-corrected chi connectivity index (χ3v) is 4.08. The molecular weight excluding hydrogens is 432 g/mol. The average molecular weight is 491 g/mol. The van der Waals surface area contributed by atoms with E-state index in [2.05, 4.69) is 135 Å². The van der Waals surface area contributed by atoms with Crippen molar-refractivity contribution in [1.82, 2.24) is 0 Å². The number of benzene rings is 2. The van der Waals surface area contributed by atoms with Crippen LogP contribution in [0.15, 0.2) is 116 Å². The van der Waals surface area contributed by atoms with Crippen LogP contribution in [0.3, 0.4) is 0 Å². The lowest BCUT2D eigenvalue weighted by Gasteiger charge is -1.94. The van der Waals surface area contributed by atoms with E-state index in [4.69, 9.17) is 0 Å². The van der Waals surface area contributed by atoms with Gasteiger partial charge in [-0.2, -0.15) is 0 Å². The molecule has 0 nitrogen and oxygen atoms in total. The second-order valence-electron chi connectivity index (χ2n) is 7.48. The molecule has 0 aliphatic rings. The summed E-state index contributed by atoms with van der Waals surface area (Å²) in [7, 11) is 0. The maximum Gasteiger partial charge on any atom is -0.0262 e. The van der Waals surface area contributed by atoms with Crippen LogP contribution in [0, 0.1) is 20.8 Å². The van der Waals surface area contributed by atoms with Gasteiger partial charge in [-0.05, 0) is 77.7 Å². The summed E-state index contributed by atoms with van der Waals surface area (Å²) in [4.78, 5) is 0. The van der Waals surface area contributed by atoms with Crippen molar-refractivity contribution in [2.45, 2.75) is 83.1 Å². The summed E-state index contributed by atoms with van der Waals surface area (Å²) in [6.45, 7) is 41.3. The van der Waals surface area contributed by atoms with E-state index in [-0.39, 0.29) is 0 Å². The molecule has 0 aromatic heterocycles. The first-order valence-corrected chi connectivity index (χ1v) is 12.8. The van der Waals surface area contributed by atoms with Gasteiger partial charge >= 0.3 is 0 Å². The van der Waals surface area contributed by atoms with E-state index < -0.39 is 0 Å². The highest BCUT2D eigenvalue weighted by atomic mass is 13.9. The topological polar surface area (TPSA) is 0 Å². The quantitative estimate of drug-likeness (QED) is 0.296. The lowest BCUT2D eigenvalue weighted by atomic mass is 10.1. The van der Waals surface area contributed by atoms with Crippen molar-refractivity contribution in [3.8, 4) is 0 Å². The van der Waals surface area contributed by atoms with Gasteiger partial charge in [-0.1, -0.05) is 130 Å². The summed E-state index contributed by atoms with van der Waals surface area (Å²) in [5, 5.41) is 0. The monoisotopic (exact) mass is 490 g/mol. The Kier molecular flexibility index (Phi) is 40.7. The number of allylic oxidation sites excluding steroid dienone is 6. The summed E-state index contributed by atoms with van der Waals surface area (Å²) < 4.78 is 0. The van der Waals surface area contributed by atoms with Crippen LogP contribution in [0.2, 0.25) is 0 Å². The fourth-order valence-corrected chi connectivity index (χ4v) is 1.80. The van der Waals surface area contributed by atoms with Gasteiger partial charge in [-0.25, -0.2) is 0 Å². The molecule has 0 N–H and O–H groups in total. The molecule has 36 heavy (non-hydrogen) atoms. The lowest BCUT2D eigenvalue weighted by molar-refractivity contribution is 1.34. The Morgan fingerprint density at radius 2 is 1.03 bits per heavy atom. The van der Waals surface area contributed by atoms with Crippen LogP contribution >= 0.6 is 0 Å². The molecular formula is C36H58. The summed E-state index contributed by atoms with van der Waals surface area (Å²) in [5.74, 6) is 0. The van der Waals surface area contributed by atoms with E-state index in [1.807, 2.05) is 47.6 Å². The lowest BCUT2D eigenvalue weighted by Crippen LogP contribution is -1.74. The van der Waals surface area contributed by atoms with Crippen molar-refractivity contribution in [3.63, 3.8) is 0 Å². The van der Waals surface area contributed by atoms with Crippen molar-refractivity contribution in [3.05, 3.63) is 139 Å². The van der Waals surface area contributed by atoms with Gasteiger partial charge in [0.25, 0.3) is 0 Å². The van der Waals surface area contributed by atoms with E-state index in [9.17, 15) is 0 Å². The van der Waals surface area contributed by atoms with Gasteiger partial charge in [0.1, 0.15) is 0 Å². The second kappa shape index (κ2) is 34.0. The molecule has 0 bridgehead atoms. The first-order chi connectivity index (χ1) is 17.1. The highest BCUT2D eigenvalue weighted by Gasteiger charge is 1.85. The smallest absolute Gasteiger partial charge is 0.0262 e. The van der Waals surface area contributed by atoms with E-state index in [1.165, 1.54) is 33.4 Å². The van der Waals surface area contributed by atoms with Crippen molar-refractivity contribution in [1.29, 1.82) is 0 Å². The third-order valence-electron chi connectivity index (χ3n) is 4.08. The van der Waals surface area contributed by atoms with Gasteiger partial charge < -0.3 is 0 Å². The average Bonchev–Trinajstić information content (AvgIpc) is 2.89. The van der Waals surface area contributed by atoms with Crippen molar-refractivity contribution in [2.24, 2.45) is 0 Å². The van der Waals surface area contributed by atoms with Gasteiger partial charge in [-0.3, -0.25) is 0 Å². The standard InChI is InChI=1S/C10H16.C9H10.C8H10.C3H6.2C2H6.C2H4/c1-8(2)6-7-10(5)9(3)4;1-3-9-6-4-8(2)5-7-9;1-7-5-3-4-6-8(7)2;1-3-2;3*1-2/h6-7H,3H2,1-2,4-5H3;3-7H,1H2,2H3;3-6H,1-2H3;3H,1H2,2H3;2*1-2H3;1-2H2/b10-7+;;;;;;. The Labute approximate surface area is 227 Å². The summed E-state index contributed by atoms with van der Waals surface area (Å²) in [6, 6.07) is 16.6. The molecule has 0 spiro atoms. The van der Waals surface area contributed by atoms with E-state index in [1.54, 1.807) is 6.08 Å². The van der Waals surface area contributed by atoms with Crippen LogP contribution < -0.4 is 0 Å². The van der Waals surface area contributed by atoms with Crippen molar-refractivity contribution in [2.75, 3.05) is 0 Å². The van der Waals surface area contributed by atoms with Crippen molar-refractivity contribution < 1.29 is 0 Å². The van der Waals surface area contributed by atoms with Crippen LogP contribution in [0.1, 0.15) is 84.6 Å². The van der Waals surface area contributed by atoms with Gasteiger partial charge in [0.15, 0.2) is 0 Å². The minimum Gasteiger partial charge on any atom is -0.106 e. The zero-order valence-corrected chi connectivity index (χ0v) is 26.0. The van der Waals surface area contributed by atoms with Crippen LogP contribution in [-0.4, -0.2) is 0 Å². The maximum atomic E-state index is 3.84. The minimum absolute atomic E-state index is 1.14. The zero-order valence-electron chi connectivity index (χ0n) is 26.0. The van der Waals surface area contributed by atoms with Crippen molar-refractivity contribution >= 4 is 6.08 Å². The Morgan fingerprint density at radius 3 is 1.28 bits per heavy atom. The number of hydrogen-bond acceptors (Lipinski definition) is 0. The van der Waals surface area contributed by atoms with E-state index in [0.717, 1.165) is 5.57 Å². The molecule has 0 atom stereocenters. The minimum atomic E-state index is 1.14. The predicted octanol–water partition coefficient (Wildman–Crippen LogP) is 12.5. The van der Waals surface area contributed by atoms with Crippen LogP contribution in [0.4, 0.5) is 0 Å². The molecule has 0 radical (unpaired) electrons. The molecule has 0 aliphatic heterocycles. The normalized spacial score (nSPS) is 8.17. The third kappa shape index (κ3) is 33.1. The second-order valence-corrected chi connectivity index (χ2v) is 7.48. The summed E-state index contributed by atoms with van der Waals surface area (Å²) in [6.07, 6.45) is 7.79. The molecule has 0 saturated carbocycles. The van der Waals surface area contributed by atoms with Gasteiger partial charge in [0.2, 0.25) is 0 Å². The van der Waals surface area contributed by atoms with E-state index in [0.29, 0.717) is 0 Å². The van der Waals surface area contributed by atoms with Crippen LogP contribution in [0.25, 0.3) is 6.08 Å². The summed E-state index contributed by atoms with van der Waals surface area (Å²) >= 11 is 0. The Bertz CT molecular complexity index is 802. The number of aryl methyl sites for hydroxylation is 3.